The summed E-state index contributed by atoms with van der Waals surface area (Å²) in [4.78, 5) is 0. The Morgan fingerprint density at radius 3 is 1.77 bits per heavy atom. The Kier molecular flexibility index (Phi) is 17.4. The predicted octanol–water partition coefficient (Wildman–Crippen LogP) is 19.9. The highest BCUT2D eigenvalue weighted by molar-refractivity contribution is 5.81. The zero-order valence-corrected chi connectivity index (χ0v) is 43.8. The molecule has 0 fully saturated rings. The van der Waals surface area contributed by atoms with Gasteiger partial charge in [0.2, 0.25) is 0 Å². The highest BCUT2D eigenvalue weighted by Crippen LogP contribution is 2.52. The summed E-state index contributed by atoms with van der Waals surface area (Å²) < 4.78 is 5.93. The van der Waals surface area contributed by atoms with Crippen molar-refractivity contribution in [2.45, 2.75) is 119 Å². The second kappa shape index (κ2) is 23.7. The zero-order valence-electron chi connectivity index (χ0n) is 43.8. The quantitative estimate of drug-likeness (QED) is 0.131. The van der Waals surface area contributed by atoms with Crippen molar-refractivity contribution in [3.8, 4) is 50.3 Å². The second-order valence-corrected chi connectivity index (χ2v) is 20.0. The number of allylic oxidation sites excluding steroid dienone is 7. The Hall–Kier alpha value is -6.70. The lowest BCUT2D eigenvalue weighted by Crippen LogP contribution is -2.23. The van der Waals surface area contributed by atoms with Gasteiger partial charge in [-0.3, -0.25) is 0 Å². The van der Waals surface area contributed by atoms with Crippen LogP contribution in [-0.4, -0.2) is 0 Å². The summed E-state index contributed by atoms with van der Waals surface area (Å²) >= 11 is 0. The first-order valence-corrected chi connectivity index (χ1v) is 25.9. The molecule has 0 saturated heterocycles. The minimum Gasteiger partial charge on any atom is -0.461 e. The summed E-state index contributed by atoms with van der Waals surface area (Å²) in [5.41, 5.74) is 22.9. The number of benzene rings is 7. The fourth-order valence-electron chi connectivity index (χ4n) is 10.2. The maximum atomic E-state index is 5.93. The van der Waals surface area contributed by atoms with E-state index < -0.39 is 0 Å². The molecule has 1 heterocycles. The van der Waals surface area contributed by atoms with Gasteiger partial charge < -0.3 is 4.74 Å². The van der Waals surface area contributed by atoms with Crippen LogP contribution in [0.5, 0.6) is 5.75 Å². The van der Waals surface area contributed by atoms with Gasteiger partial charge in [-0.15, -0.1) is 6.58 Å². The van der Waals surface area contributed by atoms with E-state index in [1.54, 1.807) is 0 Å². The molecule has 2 aliphatic carbocycles. The second-order valence-electron chi connectivity index (χ2n) is 20.0. The van der Waals surface area contributed by atoms with Crippen LogP contribution < -0.4 is 4.74 Å². The van der Waals surface area contributed by atoms with Crippen molar-refractivity contribution in [2.24, 2.45) is 5.92 Å². The van der Waals surface area contributed by atoms with Gasteiger partial charge in [-0.25, -0.2) is 0 Å². The van der Waals surface area contributed by atoms with Crippen LogP contribution in [0.3, 0.4) is 0 Å². The summed E-state index contributed by atoms with van der Waals surface area (Å²) in [5.74, 6) is 3.03. The molecule has 0 N–H and O–H groups in total. The van der Waals surface area contributed by atoms with Crippen LogP contribution in [-0.2, 0) is 11.8 Å². The summed E-state index contributed by atoms with van der Waals surface area (Å²) in [6.07, 6.45) is 17.6. The molecule has 0 saturated carbocycles. The molecule has 7 aromatic carbocycles. The van der Waals surface area contributed by atoms with E-state index in [0.717, 1.165) is 37.2 Å². The smallest absolute Gasteiger partial charge is 0.130 e. The van der Waals surface area contributed by atoms with Crippen LogP contribution in [0.1, 0.15) is 124 Å². The van der Waals surface area contributed by atoms with Gasteiger partial charge in [-0.1, -0.05) is 217 Å². The first-order chi connectivity index (χ1) is 33.9. The Morgan fingerprint density at radius 2 is 1.16 bits per heavy atom. The first kappa shape index (κ1) is 51.2. The third kappa shape index (κ3) is 11.8. The standard InChI is InChI=1S/C26H32.C21H20.C19H16O.C3H8/c1-6-9-19-12-14-20(15-13-19)21-16-17-23-22(10-7-2)24(11-8-3)26(4,5)25(23)18-21;1-15-8-11-18(12-9-15)19-13-10-17(3)21(14-19)20-7-5-4-6-16(20)2;1-13-6-8-14(9-7-13)15-10-11-19-17(12-15)16-4-2-3-5-18(16)20-19;1-3-2/h8,10,12-18,24H,3,6-7,9,11H2,1-2,4-5H3;4-14H,1-3H3;2-3,5-12,16H,4H2,1H3;3H2,1-2H3/b22-10-;;;. The molecular weight excluding hydrogens is 845 g/mol. The molecule has 2 atom stereocenters. The number of aryl methyl sites for hydroxylation is 5. The number of hydrogen-bond acceptors (Lipinski definition) is 1. The average molecular weight is 921 g/mol. The van der Waals surface area contributed by atoms with Gasteiger partial charge in [0.05, 0.1) is 0 Å². The molecule has 1 aliphatic heterocycles. The molecule has 0 aromatic heterocycles. The lowest BCUT2D eigenvalue weighted by Gasteiger charge is -2.28. The van der Waals surface area contributed by atoms with Crippen molar-refractivity contribution in [3.63, 3.8) is 0 Å². The fraction of sp³-hybridized carbons (Fsp3) is 0.275. The largest absolute Gasteiger partial charge is 0.461 e. The van der Waals surface area contributed by atoms with Gasteiger partial charge in [0.1, 0.15) is 11.5 Å². The molecular formula is C69H76O. The third-order valence-corrected chi connectivity index (χ3v) is 14.1. The number of rotatable bonds is 9. The highest BCUT2D eigenvalue weighted by Gasteiger charge is 2.42. The molecule has 70 heavy (non-hydrogen) atoms. The van der Waals surface area contributed by atoms with E-state index in [1.165, 1.54) is 107 Å². The van der Waals surface area contributed by atoms with Gasteiger partial charge >= 0.3 is 0 Å². The topological polar surface area (TPSA) is 9.23 Å². The third-order valence-electron chi connectivity index (χ3n) is 14.1. The molecule has 1 nitrogen and oxygen atoms in total. The van der Waals surface area contributed by atoms with Gasteiger partial charge in [-0.05, 0) is 173 Å². The minimum absolute atomic E-state index is 0.142. The molecule has 0 amide bonds. The summed E-state index contributed by atoms with van der Waals surface area (Å²) in [6.45, 7) is 26.1. The molecule has 0 bridgehead atoms. The fourth-order valence-corrected chi connectivity index (χ4v) is 10.2. The Balaban J connectivity index is 0.000000152. The van der Waals surface area contributed by atoms with Crippen LogP contribution in [0.4, 0.5) is 0 Å². The van der Waals surface area contributed by atoms with E-state index in [4.69, 9.17) is 4.74 Å². The molecule has 0 spiro atoms. The van der Waals surface area contributed by atoms with Gasteiger partial charge in [0.25, 0.3) is 0 Å². The van der Waals surface area contributed by atoms with E-state index in [0.29, 0.717) is 11.8 Å². The van der Waals surface area contributed by atoms with E-state index in [9.17, 15) is 0 Å². The van der Waals surface area contributed by atoms with Crippen molar-refractivity contribution < 1.29 is 4.74 Å². The minimum atomic E-state index is 0.142. The van der Waals surface area contributed by atoms with Crippen molar-refractivity contribution >= 4 is 5.57 Å². The predicted molar refractivity (Wildman–Crippen MR) is 305 cm³/mol. The normalized spacial score (nSPS) is 16.1. The lowest BCUT2D eigenvalue weighted by molar-refractivity contribution is 0.416. The molecule has 0 radical (unpaired) electrons. The maximum absolute atomic E-state index is 5.93. The van der Waals surface area contributed by atoms with Gasteiger partial charge in [0, 0.05) is 11.5 Å². The number of fused-ring (bicyclic) bond motifs is 4. The number of hydrogen-bond donors (Lipinski definition) is 0. The Labute approximate surface area is 422 Å². The van der Waals surface area contributed by atoms with Crippen molar-refractivity contribution in [3.05, 3.63) is 239 Å². The molecule has 2 unspecified atom stereocenters. The highest BCUT2D eigenvalue weighted by atomic mass is 16.5. The van der Waals surface area contributed by atoms with Crippen molar-refractivity contribution in [1.82, 2.24) is 0 Å². The summed E-state index contributed by atoms with van der Waals surface area (Å²) in [5, 5.41) is 0. The summed E-state index contributed by atoms with van der Waals surface area (Å²) in [6, 6.07) is 55.5. The van der Waals surface area contributed by atoms with Crippen LogP contribution in [0.15, 0.2) is 194 Å². The monoisotopic (exact) mass is 921 g/mol. The van der Waals surface area contributed by atoms with Crippen LogP contribution in [0.25, 0.3) is 50.1 Å². The SMILES string of the molecule is C=CCC1/C(=C\CC)c2ccc(-c3ccc(CCC)cc3)cc2C1(C)C.CCC.Cc1ccc(-c2ccc(C)c(-c3ccccc3C)c2)cc1.Cc1ccc(-c2ccc3c(c2)C2CC=CC=C2O3)cc1. The Bertz CT molecular complexity index is 2950. The van der Waals surface area contributed by atoms with Crippen LogP contribution in [0, 0.1) is 33.6 Å². The molecule has 7 aromatic rings. The first-order valence-electron chi connectivity index (χ1n) is 25.9. The molecule has 3 aliphatic rings. The molecule has 358 valence electrons. The van der Waals surface area contributed by atoms with Crippen LogP contribution >= 0.6 is 0 Å². The van der Waals surface area contributed by atoms with Gasteiger partial charge in [-0.2, -0.15) is 0 Å². The van der Waals surface area contributed by atoms with Crippen molar-refractivity contribution in [2.75, 3.05) is 0 Å². The van der Waals surface area contributed by atoms with Gasteiger partial charge in [0.15, 0.2) is 0 Å². The zero-order chi connectivity index (χ0) is 49.8. The average Bonchev–Trinajstić information content (AvgIpc) is 3.84. The maximum Gasteiger partial charge on any atom is 0.130 e. The lowest BCUT2D eigenvalue weighted by atomic mass is 9.75. The van der Waals surface area contributed by atoms with E-state index >= 15 is 0 Å². The molecule has 1 heteroatoms. The molecule has 10 rings (SSSR count). The number of ether oxygens (including phenoxy) is 1. The Morgan fingerprint density at radius 1 is 0.600 bits per heavy atom. The van der Waals surface area contributed by atoms with E-state index in [2.05, 4.69) is 258 Å². The summed E-state index contributed by atoms with van der Waals surface area (Å²) in [7, 11) is 0. The van der Waals surface area contributed by atoms with Crippen LogP contribution in [0.2, 0.25) is 0 Å². The van der Waals surface area contributed by atoms with E-state index in [-0.39, 0.29) is 5.41 Å². The van der Waals surface area contributed by atoms with Crippen molar-refractivity contribution in [1.29, 1.82) is 0 Å². The van der Waals surface area contributed by atoms with E-state index in [1.807, 2.05) is 0 Å².